The van der Waals surface area contributed by atoms with Crippen LogP contribution >= 0.6 is 0 Å². The number of carbonyl (C=O) groups is 1. The zero-order valence-corrected chi connectivity index (χ0v) is 8.93. The molecule has 2 N–H and O–H groups in total. The van der Waals surface area contributed by atoms with Gasteiger partial charge in [0.1, 0.15) is 5.75 Å². The van der Waals surface area contributed by atoms with Gasteiger partial charge in [-0.3, -0.25) is 0 Å². The molecule has 81 valence electrons. The van der Waals surface area contributed by atoms with Crippen LogP contribution in [0.4, 0.5) is 4.79 Å². The van der Waals surface area contributed by atoms with E-state index >= 15 is 0 Å². The lowest BCUT2D eigenvalue weighted by Crippen LogP contribution is -2.25. The Morgan fingerprint density at radius 1 is 1.40 bits per heavy atom. The zero-order chi connectivity index (χ0) is 11.4. The van der Waals surface area contributed by atoms with E-state index in [1.165, 1.54) is 4.90 Å². The molecular weight excluding hydrogens is 192 g/mol. The van der Waals surface area contributed by atoms with Crippen LogP contribution < -0.4 is 10.5 Å². The summed E-state index contributed by atoms with van der Waals surface area (Å²) in [5, 5.41) is 0. The highest BCUT2D eigenvalue weighted by molar-refractivity contribution is 5.69. The molecule has 0 aliphatic carbocycles. The first kappa shape index (κ1) is 11.5. The maximum absolute atomic E-state index is 11.2. The fourth-order valence-electron chi connectivity index (χ4n) is 0.975. The summed E-state index contributed by atoms with van der Waals surface area (Å²) in [6, 6.07) is 6.71. The smallest absolute Gasteiger partial charge is 0.410 e. The molecule has 15 heavy (non-hydrogen) atoms. The summed E-state index contributed by atoms with van der Waals surface area (Å²) in [5.74, 6) is 0.498. The average Bonchev–Trinajstić information content (AvgIpc) is 2.18. The third-order valence-corrected chi connectivity index (χ3v) is 1.88. The third-order valence-electron chi connectivity index (χ3n) is 1.88. The molecule has 1 rings (SSSR count). The highest BCUT2D eigenvalue weighted by Gasteiger charge is 2.06. The highest BCUT2D eigenvalue weighted by Crippen LogP contribution is 2.16. The van der Waals surface area contributed by atoms with E-state index in [9.17, 15) is 4.79 Å². The van der Waals surface area contributed by atoms with Gasteiger partial charge in [-0.2, -0.15) is 0 Å². The summed E-state index contributed by atoms with van der Waals surface area (Å²) in [7, 11) is 3.26. The first-order chi connectivity index (χ1) is 7.00. The fourth-order valence-corrected chi connectivity index (χ4v) is 0.975. The van der Waals surface area contributed by atoms with Crippen molar-refractivity contribution < 1.29 is 9.53 Å². The number of nitrogens with zero attached hydrogens (tertiary/aromatic N) is 1. The number of benzene rings is 1. The highest BCUT2D eigenvalue weighted by atomic mass is 16.6. The lowest BCUT2D eigenvalue weighted by atomic mass is 10.1. The molecule has 0 saturated carbocycles. The first-order valence-corrected chi connectivity index (χ1v) is 4.58. The summed E-state index contributed by atoms with van der Waals surface area (Å²) in [6.07, 6.45) is -0.401. The van der Waals surface area contributed by atoms with Gasteiger partial charge in [-0.15, -0.1) is 0 Å². The molecule has 1 amide bonds. The second kappa shape index (κ2) is 4.79. The molecule has 0 aliphatic rings. The molecule has 1 unspecified atom stereocenters. The molecule has 0 heterocycles. The third kappa shape index (κ3) is 3.25. The Morgan fingerprint density at radius 2 is 1.93 bits per heavy atom. The summed E-state index contributed by atoms with van der Waals surface area (Å²) in [6.45, 7) is 3.69. The van der Waals surface area contributed by atoms with Crippen LogP contribution in [0, 0.1) is 6.92 Å². The Labute approximate surface area is 89.6 Å². The molecular formula is C11H15N2O2. The quantitative estimate of drug-likeness (QED) is 0.801. The van der Waals surface area contributed by atoms with Crippen molar-refractivity contribution >= 4 is 6.09 Å². The van der Waals surface area contributed by atoms with E-state index < -0.39 is 6.09 Å². The van der Waals surface area contributed by atoms with Crippen LogP contribution in [-0.4, -0.2) is 25.1 Å². The van der Waals surface area contributed by atoms with Gasteiger partial charge in [0.25, 0.3) is 0 Å². The molecule has 1 aromatic carbocycles. The topological polar surface area (TPSA) is 55.6 Å². The molecule has 0 spiro atoms. The minimum absolute atomic E-state index is 0.261. The van der Waals surface area contributed by atoms with E-state index in [1.54, 1.807) is 38.4 Å². The minimum Gasteiger partial charge on any atom is -0.410 e. The normalized spacial score (nSPS) is 12.0. The van der Waals surface area contributed by atoms with Crippen LogP contribution in [-0.2, 0) is 0 Å². The molecule has 1 radical (unpaired) electrons. The van der Waals surface area contributed by atoms with Crippen molar-refractivity contribution in [2.24, 2.45) is 5.73 Å². The lowest BCUT2D eigenvalue weighted by molar-refractivity contribution is 0.172. The first-order valence-electron chi connectivity index (χ1n) is 4.58. The predicted octanol–water partition coefficient (Wildman–Crippen LogP) is 1.58. The number of ether oxygens (including phenoxy) is 1. The van der Waals surface area contributed by atoms with Gasteiger partial charge in [0.2, 0.25) is 0 Å². The predicted molar refractivity (Wildman–Crippen MR) is 58.4 cm³/mol. The van der Waals surface area contributed by atoms with Crippen molar-refractivity contribution in [3.63, 3.8) is 0 Å². The van der Waals surface area contributed by atoms with Crippen LogP contribution in [0.5, 0.6) is 5.75 Å². The van der Waals surface area contributed by atoms with Crippen molar-refractivity contribution in [1.82, 2.24) is 4.90 Å². The number of hydrogen-bond donors (Lipinski definition) is 1. The van der Waals surface area contributed by atoms with Gasteiger partial charge in [-0.05, 0) is 24.6 Å². The van der Waals surface area contributed by atoms with E-state index in [-0.39, 0.29) is 6.04 Å². The monoisotopic (exact) mass is 207 g/mol. The molecule has 0 fully saturated rings. The van der Waals surface area contributed by atoms with Gasteiger partial charge in [0.15, 0.2) is 0 Å². The molecule has 4 heteroatoms. The van der Waals surface area contributed by atoms with Crippen molar-refractivity contribution in [3.05, 3.63) is 36.8 Å². The number of hydrogen-bond acceptors (Lipinski definition) is 3. The van der Waals surface area contributed by atoms with Crippen LogP contribution in [0.15, 0.2) is 24.3 Å². The van der Waals surface area contributed by atoms with Gasteiger partial charge in [-0.25, -0.2) is 4.79 Å². The number of amides is 1. The largest absolute Gasteiger partial charge is 0.414 e. The van der Waals surface area contributed by atoms with Crippen molar-refractivity contribution in [1.29, 1.82) is 0 Å². The van der Waals surface area contributed by atoms with E-state index in [0.717, 1.165) is 5.56 Å². The van der Waals surface area contributed by atoms with Crippen molar-refractivity contribution in [3.8, 4) is 5.75 Å². The van der Waals surface area contributed by atoms with Crippen molar-refractivity contribution in [2.75, 3.05) is 14.1 Å². The average molecular weight is 207 g/mol. The van der Waals surface area contributed by atoms with E-state index in [2.05, 4.69) is 6.92 Å². The molecule has 0 bridgehead atoms. The van der Waals surface area contributed by atoms with Gasteiger partial charge in [0.05, 0.1) is 0 Å². The summed E-state index contributed by atoms with van der Waals surface area (Å²) >= 11 is 0. The standard InChI is InChI=1S/C11H15N2O2/c1-8(12)9-4-6-10(7-5-9)15-11(14)13(2)3/h4-8H,1,12H2,2-3H3. The summed E-state index contributed by atoms with van der Waals surface area (Å²) in [5.41, 5.74) is 6.49. The zero-order valence-electron chi connectivity index (χ0n) is 8.93. The molecule has 0 aromatic heterocycles. The minimum atomic E-state index is -0.401. The molecule has 1 atom stereocenters. The lowest BCUT2D eigenvalue weighted by Gasteiger charge is -2.11. The van der Waals surface area contributed by atoms with Gasteiger partial charge >= 0.3 is 6.09 Å². The van der Waals surface area contributed by atoms with Gasteiger partial charge < -0.3 is 15.4 Å². The fraction of sp³-hybridized carbons (Fsp3) is 0.273. The SMILES string of the molecule is [CH2]C(N)c1ccc(OC(=O)N(C)C)cc1. The Balaban J connectivity index is 2.69. The van der Waals surface area contributed by atoms with E-state index in [0.29, 0.717) is 5.75 Å². The van der Waals surface area contributed by atoms with Crippen LogP contribution in [0.1, 0.15) is 11.6 Å². The Morgan fingerprint density at radius 3 is 2.33 bits per heavy atom. The molecule has 4 nitrogen and oxygen atoms in total. The van der Waals surface area contributed by atoms with E-state index in [4.69, 9.17) is 10.5 Å². The number of carbonyl (C=O) groups excluding carboxylic acids is 1. The molecule has 1 aromatic rings. The molecule has 0 saturated heterocycles. The number of rotatable bonds is 2. The Hall–Kier alpha value is -1.55. The second-order valence-corrected chi connectivity index (χ2v) is 3.44. The van der Waals surface area contributed by atoms with E-state index in [1.807, 2.05) is 0 Å². The van der Waals surface area contributed by atoms with Crippen LogP contribution in [0.2, 0.25) is 0 Å². The summed E-state index contributed by atoms with van der Waals surface area (Å²) < 4.78 is 5.04. The summed E-state index contributed by atoms with van der Waals surface area (Å²) in [4.78, 5) is 12.6. The van der Waals surface area contributed by atoms with Crippen LogP contribution in [0.25, 0.3) is 0 Å². The Kier molecular flexibility index (Phi) is 3.68. The second-order valence-electron chi connectivity index (χ2n) is 3.44. The van der Waals surface area contributed by atoms with Crippen molar-refractivity contribution in [2.45, 2.75) is 6.04 Å². The maximum Gasteiger partial charge on any atom is 0.414 e. The number of nitrogens with two attached hydrogens (primary N) is 1. The van der Waals surface area contributed by atoms with Gasteiger partial charge in [-0.1, -0.05) is 12.1 Å². The molecule has 0 aliphatic heterocycles. The maximum atomic E-state index is 11.2. The Bertz CT molecular complexity index is 331. The van der Waals surface area contributed by atoms with Crippen LogP contribution in [0.3, 0.4) is 0 Å². The van der Waals surface area contributed by atoms with Gasteiger partial charge in [0, 0.05) is 20.1 Å².